The summed E-state index contributed by atoms with van der Waals surface area (Å²) < 4.78 is 26.3. The molecule has 0 aliphatic heterocycles. The summed E-state index contributed by atoms with van der Waals surface area (Å²) in [5.74, 6) is 4.08. The quantitative estimate of drug-likeness (QED) is 0.405. The predicted molar refractivity (Wildman–Crippen MR) is 150 cm³/mol. The van der Waals surface area contributed by atoms with Crippen molar-refractivity contribution in [1.82, 2.24) is 0 Å². The molecule has 6 nitrogen and oxygen atoms in total. The molecule has 3 unspecified atom stereocenters. The fourth-order valence-electron chi connectivity index (χ4n) is 5.03. The maximum Gasteiger partial charge on any atom is 0.170 e. The Hall–Kier alpha value is -2.99. The van der Waals surface area contributed by atoms with Gasteiger partial charge in [0.05, 0.1) is 34.0 Å². The number of hydrogen-bond donors (Lipinski definition) is 0. The summed E-state index contributed by atoms with van der Waals surface area (Å²) in [5.41, 5.74) is 6.88. The van der Waals surface area contributed by atoms with Crippen LogP contribution in [0.2, 0.25) is 0 Å². The standard InChI is InChI=1S/C14H18O2.C13H16O3.C4H10O/c1-8-9(2)13-11(15-4)6-7-12(16-5)14(13)10(8)3;1-7-8(2)13(14)12-10(16-4)6-5-9(15-3)11(7)12;1-3-5-4-2/h6-7,9H,1-5H3;5-8H,1-4H3;3-4H2,1-2H3. The lowest BCUT2D eigenvalue weighted by molar-refractivity contribution is 0.0934. The summed E-state index contributed by atoms with van der Waals surface area (Å²) in [6, 6.07) is 7.62. The van der Waals surface area contributed by atoms with Crippen LogP contribution in [0.15, 0.2) is 29.8 Å². The first-order valence-electron chi connectivity index (χ1n) is 12.9. The molecule has 0 heterocycles. The number of allylic oxidation sites excluding steroid dienone is 2. The van der Waals surface area contributed by atoms with Gasteiger partial charge in [-0.1, -0.05) is 26.3 Å². The minimum absolute atomic E-state index is 0.000185. The van der Waals surface area contributed by atoms with Crippen molar-refractivity contribution in [1.29, 1.82) is 0 Å². The first-order valence-corrected chi connectivity index (χ1v) is 12.9. The monoisotopic (exact) mass is 512 g/mol. The molecule has 6 heteroatoms. The van der Waals surface area contributed by atoms with E-state index in [4.69, 9.17) is 23.7 Å². The highest BCUT2D eigenvalue weighted by molar-refractivity contribution is 6.06. The Morgan fingerprint density at radius 3 is 1.51 bits per heavy atom. The van der Waals surface area contributed by atoms with E-state index in [1.165, 1.54) is 22.3 Å². The van der Waals surface area contributed by atoms with Crippen molar-refractivity contribution >= 4 is 11.4 Å². The van der Waals surface area contributed by atoms with Gasteiger partial charge in [0, 0.05) is 41.7 Å². The smallest absolute Gasteiger partial charge is 0.170 e. The van der Waals surface area contributed by atoms with Gasteiger partial charge in [-0.05, 0) is 63.5 Å². The molecule has 0 amide bonds. The molecule has 2 aliphatic rings. The second-order valence-electron chi connectivity index (χ2n) is 9.27. The number of ether oxygens (including phenoxy) is 5. The van der Waals surface area contributed by atoms with Crippen LogP contribution in [-0.4, -0.2) is 47.4 Å². The van der Waals surface area contributed by atoms with Crippen molar-refractivity contribution in [3.63, 3.8) is 0 Å². The van der Waals surface area contributed by atoms with Crippen LogP contribution in [0.3, 0.4) is 0 Å². The van der Waals surface area contributed by atoms with Crippen molar-refractivity contribution < 1.29 is 28.5 Å². The zero-order valence-corrected chi connectivity index (χ0v) is 24.4. The van der Waals surface area contributed by atoms with E-state index in [1.807, 2.05) is 39.0 Å². The van der Waals surface area contributed by atoms with Gasteiger partial charge < -0.3 is 23.7 Å². The Kier molecular flexibility index (Phi) is 11.1. The third-order valence-electron chi connectivity index (χ3n) is 7.54. The van der Waals surface area contributed by atoms with Gasteiger partial charge in [-0.2, -0.15) is 0 Å². The van der Waals surface area contributed by atoms with Crippen LogP contribution in [-0.2, 0) is 4.74 Å². The molecular formula is C31H44O6. The molecule has 2 aliphatic carbocycles. The Morgan fingerprint density at radius 2 is 1.08 bits per heavy atom. The van der Waals surface area contributed by atoms with Gasteiger partial charge >= 0.3 is 0 Å². The van der Waals surface area contributed by atoms with Crippen LogP contribution < -0.4 is 18.9 Å². The average molecular weight is 513 g/mol. The third-order valence-corrected chi connectivity index (χ3v) is 7.54. The molecule has 0 aromatic heterocycles. The number of hydrogen-bond acceptors (Lipinski definition) is 6. The highest BCUT2D eigenvalue weighted by atomic mass is 16.5. The number of fused-ring (bicyclic) bond motifs is 2. The van der Waals surface area contributed by atoms with Crippen LogP contribution in [0, 0.1) is 5.92 Å². The van der Waals surface area contributed by atoms with Crippen LogP contribution in [0.25, 0.3) is 5.57 Å². The molecule has 3 atom stereocenters. The summed E-state index contributed by atoms with van der Waals surface area (Å²) in [7, 11) is 6.65. The predicted octanol–water partition coefficient (Wildman–Crippen LogP) is 7.30. The number of carbonyl (C=O) groups is 1. The van der Waals surface area contributed by atoms with Crippen LogP contribution >= 0.6 is 0 Å². The molecule has 0 fully saturated rings. The van der Waals surface area contributed by atoms with Crippen LogP contribution in [0.4, 0.5) is 0 Å². The molecule has 0 saturated heterocycles. The van der Waals surface area contributed by atoms with Gasteiger partial charge in [0.2, 0.25) is 0 Å². The molecule has 4 rings (SSSR count). The maximum atomic E-state index is 12.1. The van der Waals surface area contributed by atoms with E-state index in [0.717, 1.165) is 36.0 Å². The van der Waals surface area contributed by atoms with Crippen molar-refractivity contribution in [2.24, 2.45) is 5.92 Å². The van der Waals surface area contributed by atoms with E-state index in [1.54, 1.807) is 34.5 Å². The number of Topliss-reactive ketones (excluding diaryl/α,β-unsaturated/α-hetero) is 1. The zero-order valence-electron chi connectivity index (χ0n) is 24.4. The highest BCUT2D eigenvalue weighted by Gasteiger charge is 2.38. The van der Waals surface area contributed by atoms with Gasteiger partial charge in [-0.3, -0.25) is 4.79 Å². The molecule has 0 bridgehead atoms. The summed E-state index contributed by atoms with van der Waals surface area (Å²) >= 11 is 0. The van der Waals surface area contributed by atoms with E-state index >= 15 is 0 Å². The van der Waals surface area contributed by atoms with E-state index in [2.05, 4.69) is 27.7 Å². The van der Waals surface area contributed by atoms with Crippen molar-refractivity contribution in [3.8, 4) is 23.0 Å². The Labute approximate surface area is 222 Å². The van der Waals surface area contributed by atoms with E-state index in [9.17, 15) is 4.79 Å². The number of carbonyl (C=O) groups excluding carboxylic acids is 1. The molecule has 204 valence electrons. The lowest BCUT2D eigenvalue weighted by Gasteiger charge is -2.15. The maximum absolute atomic E-state index is 12.1. The lowest BCUT2D eigenvalue weighted by atomic mass is 9.95. The van der Waals surface area contributed by atoms with E-state index in [0.29, 0.717) is 17.2 Å². The van der Waals surface area contributed by atoms with Crippen LogP contribution in [0.5, 0.6) is 23.0 Å². The van der Waals surface area contributed by atoms with Gasteiger partial charge in [0.25, 0.3) is 0 Å². The van der Waals surface area contributed by atoms with E-state index in [-0.39, 0.29) is 17.6 Å². The zero-order chi connectivity index (χ0) is 27.9. The summed E-state index contributed by atoms with van der Waals surface area (Å²) in [6.07, 6.45) is 0. The number of rotatable bonds is 6. The molecule has 0 saturated carbocycles. The van der Waals surface area contributed by atoms with Gasteiger partial charge in [-0.15, -0.1) is 0 Å². The number of ketones is 1. The fraction of sp³-hybridized carbons (Fsp3) is 0.516. The Bertz CT molecular complexity index is 1120. The molecule has 2 aromatic carbocycles. The first kappa shape index (κ1) is 30.2. The molecule has 2 aromatic rings. The fourth-order valence-corrected chi connectivity index (χ4v) is 5.03. The molecule has 0 N–H and O–H groups in total. The topological polar surface area (TPSA) is 63.2 Å². The third kappa shape index (κ3) is 5.96. The second-order valence-corrected chi connectivity index (χ2v) is 9.27. The molecular weight excluding hydrogens is 468 g/mol. The van der Waals surface area contributed by atoms with Crippen molar-refractivity contribution in [2.75, 3.05) is 41.7 Å². The molecule has 37 heavy (non-hydrogen) atoms. The van der Waals surface area contributed by atoms with Crippen molar-refractivity contribution in [3.05, 3.63) is 52.1 Å². The largest absolute Gasteiger partial charge is 0.496 e. The van der Waals surface area contributed by atoms with Crippen LogP contribution in [0.1, 0.15) is 87.4 Å². The van der Waals surface area contributed by atoms with Crippen molar-refractivity contribution in [2.45, 2.75) is 60.3 Å². The summed E-state index contributed by atoms with van der Waals surface area (Å²) in [5, 5.41) is 0. The summed E-state index contributed by atoms with van der Waals surface area (Å²) in [6.45, 7) is 16.2. The normalized spacial score (nSPS) is 19.2. The lowest BCUT2D eigenvalue weighted by Crippen LogP contribution is -2.06. The van der Waals surface area contributed by atoms with Gasteiger partial charge in [0.1, 0.15) is 23.0 Å². The molecule has 0 spiro atoms. The Balaban J connectivity index is 0.000000221. The highest BCUT2D eigenvalue weighted by Crippen LogP contribution is 2.49. The molecule has 0 radical (unpaired) electrons. The van der Waals surface area contributed by atoms with Gasteiger partial charge in [0.15, 0.2) is 5.78 Å². The van der Waals surface area contributed by atoms with Gasteiger partial charge in [-0.25, -0.2) is 0 Å². The second kappa shape index (κ2) is 13.5. The average Bonchev–Trinajstić information content (AvgIpc) is 3.29. The number of benzene rings is 2. The minimum atomic E-state index is 0.000185. The van der Waals surface area contributed by atoms with E-state index < -0.39 is 0 Å². The number of methoxy groups -OCH3 is 4. The first-order chi connectivity index (χ1) is 17.6. The Morgan fingerprint density at radius 1 is 0.649 bits per heavy atom. The summed E-state index contributed by atoms with van der Waals surface area (Å²) in [4.78, 5) is 12.1. The SMILES string of the molecule is CCOCC.COc1ccc(OC)c2c1C(=O)C(C)C2C.COc1ccc(OC)c2c1C(C)=C(C)C2C. The minimum Gasteiger partial charge on any atom is -0.496 e.